The molecule has 1 saturated heterocycles. The lowest BCUT2D eigenvalue weighted by Gasteiger charge is -2.10. The molecule has 2 aliphatic rings. The zero-order chi connectivity index (χ0) is 11.9. The molecule has 1 unspecified atom stereocenters. The molecular weight excluding hydrogens is 218 g/mol. The van der Waals surface area contributed by atoms with Crippen LogP contribution in [0.15, 0.2) is 0 Å². The van der Waals surface area contributed by atoms with Crippen LogP contribution in [-0.4, -0.2) is 38.4 Å². The summed E-state index contributed by atoms with van der Waals surface area (Å²) < 4.78 is 10.5. The van der Waals surface area contributed by atoms with Crippen LogP contribution >= 0.6 is 0 Å². The summed E-state index contributed by atoms with van der Waals surface area (Å²) in [6.07, 6.45) is 6.97. The lowest BCUT2D eigenvalue weighted by Crippen LogP contribution is -2.30. The van der Waals surface area contributed by atoms with Gasteiger partial charge in [0.15, 0.2) is 0 Å². The Labute approximate surface area is 103 Å². The van der Waals surface area contributed by atoms with E-state index in [4.69, 9.17) is 9.47 Å². The summed E-state index contributed by atoms with van der Waals surface area (Å²) in [6, 6.07) is 0. The SMILES string of the molecule is O=C(NCCCCOCC1CO1)C1CCCC1. The van der Waals surface area contributed by atoms with Gasteiger partial charge < -0.3 is 14.8 Å². The number of rotatable bonds is 8. The van der Waals surface area contributed by atoms with E-state index in [2.05, 4.69) is 5.32 Å². The molecule has 1 N–H and O–H groups in total. The molecule has 0 aromatic rings. The molecule has 1 aliphatic carbocycles. The molecule has 98 valence electrons. The summed E-state index contributed by atoms with van der Waals surface area (Å²) in [5.74, 6) is 0.549. The van der Waals surface area contributed by atoms with Gasteiger partial charge >= 0.3 is 0 Å². The fourth-order valence-electron chi connectivity index (χ4n) is 2.25. The lowest BCUT2D eigenvalue weighted by molar-refractivity contribution is -0.124. The van der Waals surface area contributed by atoms with Crippen LogP contribution in [0.2, 0.25) is 0 Å². The predicted octanol–water partition coefficient (Wildman–Crippen LogP) is 1.49. The number of ether oxygens (including phenoxy) is 2. The van der Waals surface area contributed by atoms with E-state index in [-0.39, 0.29) is 5.91 Å². The Morgan fingerprint density at radius 3 is 2.76 bits per heavy atom. The minimum atomic E-state index is 0.259. The zero-order valence-electron chi connectivity index (χ0n) is 10.5. The normalized spacial score (nSPS) is 23.9. The first-order chi connectivity index (χ1) is 8.36. The molecule has 1 saturated carbocycles. The minimum absolute atomic E-state index is 0.259. The van der Waals surface area contributed by atoms with Gasteiger partial charge in [-0.25, -0.2) is 0 Å². The first-order valence-corrected chi connectivity index (χ1v) is 6.83. The third-order valence-electron chi connectivity index (χ3n) is 3.45. The molecule has 1 atom stereocenters. The highest BCUT2D eigenvalue weighted by atomic mass is 16.6. The van der Waals surface area contributed by atoms with Gasteiger partial charge in [-0.1, -0.05) is 12.8 Å². The van der Waals surface area contributed by atoms with Crippen molar-refractivity contribution in [1.82, 2.24) is 5.32 Å². The molecule has 1 aliphatic heterocycles. The highest BCUT2D eigenvalue weighted by molar-refractivity contribution is 5.78. The Kier molecular flexibility index (Phi) is 5.26. The molecule has 0 aromatic heterocycles. The Morgan fingerprint density at radius 2 is 2.06 bits per heavy atom. The molecule has 2 rings (SSSR count). The van der Waals surface area contributed by atoms with Crippen LogP contribution in [0, 0.1) is 5.92 Å². The van der Waals surface area contributed by atoms with Crippen LogP contribution in [0.1, 0.15) is 38.5 Å². The third kappa shape index (κ3) is 5.04. The zero-order valence-corrected chi connectivity index (χ0v) is 10.5. The number of nitrogens with one attached hydrogen (secondary N) is 1. The number of hydrogen-bond donors (Lipinski definition) is 1. The van der Waals surface area contributed by atoms with E-state index in [0.717, 1.165) is 52.0 Å². The van der Waals surface area contributed by atoms with Gasteiger partial charge in [-0.05, 0) is 25.7 Å². The number of unbranched alkanes of at least 4 members (excludes halogenated alkanes) is 1. The molecule has 0 bridgehead atoms. The van der Waals surface area contributed by atoms with Crippen molar-refractivity contribution >= 4 is 5.91 Å². The van der Waals surface area contributed by atoms with Crippen LogP contribution in [-0.2, 0) is 14.3 Å². The summed E-state index contributed by atoms with van der Waals surface area (Å²) in [7, 11) is 0. The van der Waals surface area contributed by atoms with Crippen LogP contribution in [0.3, 0.4) is 0 Å². The second-order valence-electron chi connectivity index (χ2n) is 5.01. The number of epoxide rings is 1. The fourth-order valence-corrected chi connectivity index (χ4v) is 2.25. The topological polar surface area (TPSA) is 50.9 Å². The van der Waals surface area contributed by atoms with Gasteiger partial charge in [-0.2, -0.15) is 0 Å². The molecule has 0 spiro atoms. The van der Waals surface area contributed by atoms with Crippen molar-refractivity contribution in [3.8, 4) is 0 Å². The molecular formula is C13H23NO3. The van der Waals surface area contributed by atoms with E-state index in [0.29, 0.717) is 12.0 Å². The quantitative estimate of drug-likeness (QED) is 0.517. The maximum Gasteiger partial charge on any atom is 0.223 e. The first-order valence-electron chi connectivity index (χ1n) is 6.83. The fraction of sp³-hybridized carbons (Fsp3) is 0.923. The third-order valence-corrected chi connectivity index (χ3v) is 3.45. The Hall–Kier alpha value is -0.610. The molecule has 17 heavy (non-hydrogen) atoms. The second kappa shape index (κ2) is 6.97. The largest absolute Gasteiger partial charge is 0.379 e. The Balaban J connectivity index is 1.38. The van der Waals surface area contributed by atoms with Crippen molar-refractivity contribution in [3.05, 3.63) is 0 Å². The van der Waals surface area contributed by atoms with Crippen LogP contribution in [0.25, 0.3) is 0 Å². The van der Waals surface area contributed by atoms with Gasteiger partial charge in [0.25, 0.3) is 0 Å². The van der Waals surface area contributed by atoms with Crippen molar-refractivity contribution in [2.45, 2.75) is 44.6 Å². The van der Waals surface area contributed by atoms with Gasteiger partial charge in [0, 0.05) is 19.1 Å². The molecule has 2 fully saturated rings. The number of hydrogen-bond acceptors (Lipinski definition) is 3. The Morgan fingerprint density at radius 1 is 1.29 bits per heavy atom. The molecule has 1 heterocycles. The van der Waals surface area contributed by atoms with E-state index in [1.54, 1.807) is 0 Å². The molecule has 0 aromatic carbocycles. The summed E-state index contributed by atoms with van der Waals surface area (Å²) in [5, 5.41) is 3.02. The summed E-state index contributed by atoms with van der Waals surface area (Å²) in [6.45, 7) is 3.16. The van der Waals surface area contributed by atoms with E-state index < -0.39 is 0 Å². The average molecular weight is 241 g/mol. The Bertz CT molecular complexity index is 235. The summed E-state index contributed by atoms with van der Waals surface area (Å²) in [5.41, 5.74) is 0. The van der Waals surface area contributed by atoms with E-state index in [1.165, 1.54) is 12.8 Å². The lowest BCUT2D eigenvalue weighted by atomic mass is 10.1. The summed E-state index contributed by atoms with van der Waals surface area (Å²) in [4.78, 5) is 11.7. The van der Waals surface area contributed by atoms with Gasteiger partial charge in [0.2, 0.25) is 5.91 Å². The van der Waals surface area contributed by atoms with Gasteiger partial charge in [-0.3, -0.25) is 4.79 Å². The van der Waals surface area contributed by atoms with E-state index >= 15 is 0 Å². The van der Waals surface area contributed by atoms with E-state index in [1.807, 2.05) is 0 Å². The predicted molar refractivity (Wildman–Crippen MR) is 64.8 cm³/mol. The first kappa shape index (κ1) is 12.8. The highest BCUT2D eigenvalue weighted by Gasteiger charge is 2.22. The molecule has 0 radical (unpaired) electrons. The van der Waals surface area contributed by atoms with Gasteiger partial charge in [-0.15, -0.1) is 0 Å². The van der Waals surface area contributed by atoms with Crippen molar-refractivity contribution in [3.63, 3.8) is 0 Å². The minimum Gasteiger partial charge on any atom is -0.379 e. The van der Waals surface area contributed by atoms with Crippen LogP contribution in [0.5, 0.6) is 0 Å². The second-order valence-corrected chi connectivity index (χ2v) is 5.01. The van der Waals surface area contributed by atoms with Crippen molar-refractivity contribution in [2.75, 3.05) is 26.4 Å². The van der Waals surface area contributed by atoms with Crippen LogP contribution < -0.4 is 5.32 Å². The van der Waals surface area contributed by atoms with Gasteiger partial charge in [0.1, 0.15) is 6.10 Å². The molecule has 4 heteroatoms. The number of carbonyl (C=O) groups is 1. The van der Waals surface area contributed by atoms with Gasteiger partial charge in [0.05, 0.1) is 13.2 Å². The smallest absolute Gasteiger partial charge is 0.223 e. The van der Waals surface area contributed by atoms with Crippen molar-refractivity contribution < 1.29 is 14.3 Å². The molecule has 1 amide bonds. The van der Waals surface area contributed by atoms with Crippen molar-refractivity contribution in [1.29, 1.82) is 0 Å². The average Bonchev–Trinajstić information content (AvgIpc) is 2.99. The summed E-state index contributed by atoms with van der Waals surface area (Å²) >= 11 is 0. The highest BCUT2D eigenvalue weighted by Crippen LogP contribution is 2.24. The standard InChI is InChI=1S/C13H23NO3/c15-13(11-5-1-2-6-11)14-7-3-4-8-16-9-12-10-17-12/h11-12H,1-10H2,(H,14,15). The maximum atomic E-state index is 11.7. The number of amides is 1. The maximum absolute atomic E-state index is 11.7. The monoisotopic (exact) mass is 241 g/mol. The number of carbonyl (C=O) groups excluding carboxylic acids is 1. The van der Waals surface area contributed by atoms with Crippen molar-refractivity contribution in [2.24, 2.45) is 5.92 Å². The van der Waals surface area contributed by atoms with E-state index in [9.17, 15) is 4.79 Å². The molecule has 4 nitrogen and oxygen atoms in total. The van der Waals surface area contributed by atoms with Crippen LogP contribution in [0.4, 0.5) is 0 Å².